The number of ether oxygens (including phenoxy) is 2. The van der Waals surface area contributed by atoms with Crippen LogP contribution >= 0.6 is 11.8 Å². The van der Waals surface area contributed by atoms with E-state index < -0.39 is 0 Å². The van der Waals surface area contributed by atoms with Gasteiger partial charge in [0.05, 0.1) is 0 Å². The lowest BCUT2D eigenvalue weighted by molar-refractivity contribution is 0.0988. The molecule has 1 aliphatic heterocycles. The van der Waals surface area contributed by atoms with E-state index in [1.165, 1.54) is 0 Å². The third-order valence-corrected chi connectivity index (χ3v) is 3.17. The molecule has 0 bridgehead atoms. The molecule has 16 heavy (non-hydrogen) atoms. The average molecular weight is 238 g/mol. The normalized spacial score (nSPS) is 12.9. The second-order valence-corrected chi connectivity index (χ2v) is 4.67. The lowest BCUT2D eigenvalue weighted by atomic mass is 10.0. The molecule has 1 aromatic rings. The molecule has 4 heteroatoms. The Labute approximate surface area is 99.1 Å². The first-order valence-electron chi connectivity index (χ1n) is 5.14. The van der Waals surface area contributed by atoms with Crippen LogP contribution in [-0.4, -0.2) is 24.6 Å². The van der Waals surface area contributed by atoms with E-state index in [0.717, 1.165) is 22.6 Å². The Morgan fingerprint density at radius 1 is 1.38 bits per heavy atom. The van der Waals surface area contributed by atoms with Gasteiger partial charge in [-0.1, -0.05) is 0 Å². The number of carbonyl (C=O) groups is 1. The van der Waals surface area contributed by atoms with E-state index in [0.29, 0.717) is 12.2 Å². The van der Waals surface area contributed by atoms with Crippen LogP contribution in [0.3, 0.4) is 0 Å². The summed E-state index contributed by atoms with van der Waals surface area (Å²) in [7, 11) is 0. The SMILES string of the molecule is CSCCC(=O)c1cc2c(cc1C)OCO2. The van der Waals surface area contributed by atoms with Crippen molar-refractivity contribution in [3.8, 4) is 11.5 Å². The average Bonchev–Trinajstić information content (AvgIpc) is 2.71. The van der Waals surface area contributed by atoms with Crippen molar-refractivity contribution in [2.24, 2.45) is 0 Å². The highest BCUT2D eigenvalue weighted by atomic mass is 32.2. The Kier molecular flexibility index (Phi) is 3.39. The summed E-state index contributed by atoms with van der Waals surface area (Å²) in [4.78, 5) is 11.9. The Morgan fingerprint density at radius 3 is 2.75 bits per heavy atom. The van der Waals surface area contributed by atoms with Crippen LogP contribution in [0.15, 0.2) is 12.1 Å². The van der Waals surface area contributed by atoms with Crippen molar-refractivity contribution >= 4 is 17.5 Å². The highest BCUT2D eigenvalue weighted by Gasteiger charge is 2.18. The van der Waals surface area contributed by atoms with E-state index in [9.17, 15) is 4.79 Å². The van der Waals surface area contributed by atoms with Gasteiger partial charge in [0.15, 0.2) is 17.3 Å². The summed E-state index contributed by atoms with van der Waals surface area (Å²) in [6.45, 7) is 2.17. The molecule has 2 rings (SSSR count). The Morgan fingerprint density at radius 2 is 2.06 bits per heavy atom. The summed E-state index contributed by atoms with van der Waals surface area (Å²) in [5, 5.41) is 0. The second kappa shape index (κ2) is 4.78. The quantitative estimate of drug-likeness (QED) is 0.755. The van der Waals surface area contributed by atoms with Gasteiger partial charge in [-0.15, -0.1) is 0 Å². The van der Waals surface area contributed by atoms with Crippen LogP contribution in [0.5, 0.6) is 11.5 Å². The summed E-state index contributed by atoms with van der Waals surface area (Å²) in [5.74, 6) is 2.44. The molecule has 0 atom stereocenters. The van der Waals surface area contributed by atoms with Gasteiger partial charge >= 0.3 is 0 Å². The van der Waals surface area contributed by atoms with E-state index in [4.69, 9.17) is 9.47 Å². The van der Waals surface area contributed by atoms with Crippen LogP contribution in [0.4, 0.5) is 0 Å². The van der Waals surface area contributed by atoms with E-state index in [1.807, 2.05) is 19.2 Å². The minimum atomic E-state index is 0.171. The Hall–Kier alpha value is -1.16. The lowest BCUT2D eigenvalue weighted by Crippen LogP contribution is -2.03. The number of carbonyl (C=O) groups excluding carboxylic acids is 1. The predicted molar refractivity (Wildman–Crippen MR) is 64.6 cm³/mol. The highest BCUT2D eigenvalue weighted by molar-refractivity contribution is 7.98. The number of benzene rings is 1. The molecule has 0 amide bonds. The highest BCUT2D eigenvalue weighted by Crippen LogP contribution is 2.34. The van der Waals surface area contributed by atoms with Crippen molar-refractivity contribution in [3.63, 3.8) is 0 Å². The molecule has 0 radical (unpaired) electrons. The monoisotopic (exact) mass is 238 g/mol. The number of aryl methyl sites for hydroxylation is 1. The summed E-state index contributed by atoms with van der Waals surface area (Å²) >= 11 is 1.68. The maximum atomic E-state index is 11.9. The molecule has 1 aliphatic rings. The van der Waals surface area contributed by atoms with Crippen molar-refractivity contribution in [1.29, 1.82) is 0 Å². The zero-order chi connectivity index (χ0) is 11.5. The first kappa shape index (κ1) is 11.3. The van der Waals surface area contributed by atoms with Crippen molar-refractivity contribution in [2.45, 2.75) is 13.3 Å². The number of hydrogen-bond acceptors (Lipinski definition) is 4. The van der Waals surface area contributed by atoms with Gasteiger partial charge < -0.3 is 9.47 Å². The number of ketones is 1. The van der Waals surface area contributed by atoms with Gasteiger partial charge in [0.2, 0.25) is 6.79 Å². The van der Waals surface area contributed by atoms with Gasteiger partial charge in [0.25, 0.3) is 0 Å². The van der Waals surface area contributed by atoms with Crippen LogP contribution in [0.2, 0.25) is 0 Å². The second-order valence-electron chi connectivity index (χ2n) is 3.69. The summed E-state index contributed by atoms with van der Waals surface area (Å²) < 4.78 is 10.5. The molecule has 0 unspecified atom stereocenters. The van der Waals surface area contributed by atoms with Crippen LogP contribution in [-0.2, 0) is 0 Å². The minimum Gasteiger partial charge on any atom is -0.454 e. The molecule has 0 saturated heterocycles. The fourth-order valence-corrected chi connectivity index (χ4v) is 2.06. The number of Topliss-reactive ketones (excluding diaryl/α,β-unsaturated/α-hetero) is 1. The molecule has 1 aromatic carbocycles. The van der Waals surface area contributed by atoms with Crippen molar-refractivity contribution in [3.05, 3.63) is 23.3 Å². The molecule has 86 valence electrons. The van der Waals surface area contributed by atoms with Gasteiger partial charge in [-0.3, -0.25) is 4.79 Å². The number of hydrogen-bond donors (Lipinski definition) is 0. The Bertz CT molecular complexity index is 415. The van der Waals surface area contributed by atoms with Crippen molar-refractivity contribution in [2.75, 3.05) is 18.8 Å². The first-order chi connectivity index (χ1) is 7.72. The first-order valence-corrected chi connectivity index (χ1v) is 6.54. The molecule has 0 aromatic heterocycles. The van der Waals surface area contributed by atoms with Gasteiger partial charge in [0.1, 0.15) is 0 Å². The molecular formula is C12H14O3S. The van der Waals surface area contributed by atoms with Crippen molar-refractivity contribution in [1.82, 2.24) is 0 Å². The smallest absolute Gasteiger partial charge is 0.231 e. The largest absolute Gasteiger partial charge is 0.454 e. The van der Waals surface area contributed by atoms with Gasteiger partial charge in [-0.05, 0) is 30.9 Å². The van der Waals surface area contributed by atoms with E-state index in [-0.39, 0.29) is 12.6 Å². The number of thioether (sulfide) groups is 1. The van der Waals surface area contributed by atoms with Crippen LogP contribution in [0, 0.1) is 6.92 Å². The zero-order valence-corrected chi connectivity index (χ0v) is 10.2. The fraction of sp³-hybridized carbons (Fsp3) is 0.417. The topological polar surface area (TPSA) is 35.5 Å². The maximum absolute atomic E-state index is 11.9. The van der Waals surface area contributed by atoms with Crippen LogP contribution < -0.4 is 9.47 Å². The molecule has 0 aliphatic carbocycles. The van der Waals surface area contributed by atoms with Crippen LogP contribution in [0.25, 0.3) is 0 Å². The summed E-state index contributed by atoms with van der Waals surface area (Å²) in [5.41, 5.74) is 1.70. The number of rotatable bonds is 4. The standard InChI is InChI=1S/C12H14O3S/c1-8-5-11-12(15-7-14-11)6-9(8)10(13)3-4-16-2/h5-6H,3-4,7H2,1-2H3. The molecular weight excluding hydrogens is 224 g/mol. The fourth-order valence-electron chi connectivity index (χ4n) is 1.67. The van der Waals surface area contributed by atoms with E-state index in [1.54, 1.807) is 17.8 Å². The third-order valence-electron chi connectivity index (χ3n) is 2.55. The molecule has 0 spiro atoms. The van der Waals surface area contributed by atoms with Crippen LogP contribution in [0.1, 0.15) is 22.3 Å². The van der Waals surface area contributed by atoms with Gasteiger partial charge in [-0.25, -0.2) is 0 Å². The van der Waals surface area contributed by atoms with E-state index in [2.05, 4.69) is 0 Å². The molecule has 0 N–H and O–H groups in total. The van der Waals surface area contributed by atoms with Crippen molar-refractivity contribution < 1.29 is 14.3 Å². The zero-order valence-electron chi connectivity index (χ0n) is 9.41. The molecule has 1 heterocycles. The maximum Gasteiger partial charge on any atom is 0.231 e. The molecule has 3 nitrogen and oxygen atoms in total. The lowest BCUT2D eigenvalue weighted by Gasteiger charge is -2.06. The Balaban J connectivity index is 2.24. The molecule has 0 saturated carbocycles. The summed E-state index contributed by atoms with van der Waals surface area (Å²) in [6, 6.07) is 3.66. The van der Waals surface area contributed by atoms with Gasteiger partial charge in [-0.2, -0.15) is 11.8 Å². The predicted octanol–water partition coefficient (Wildman–Crippen LogP) is 2.66. The van der Waals surface area contributed by atoms with E-state index >= 15 is 0 Å². The minimum absolute atomic E-state index is 0.171. The summed E-state index contributed by atoms with van der Waals surface area (Å²) in [6.07, 6.45) is 2.57. The van der Waals surface area contributed by atoms with Gasteiger partial charge in [0, 0.05) is 17.7 Å². The third kappa shape index (κ3) is 2.16. The molecule has 0 fully saturated rings. The number of fused-ring (bicyclic) bond motifs is 1.